The molecule has 0 atom stereocenters. The molecule has 0 radical (unpaired) electrons. The summed E-state index contributed by atoms with van der Waals surface area (Å²) >= 11 is 0. The number of fused-ring (bicyclic) bond motifs is 3. The summed E-state index contributed by atoms with van der Waals surface area (Å²) in [5.74, 6) is -0.943. The molecule has 0 saturated carbocycles. The fraction of sp³-hybridized carbons (Fsp3) is 0.296. The fourth-order valence-corrected chi connectivity index (χ4v) is 4.91. The van der Waals surface area contributed by atoms with Crippen LogP contribution in [0.3, 0.4) is 0 Å². The van der Waals surface area contributed by atoms with Gasteiger partial charge in [-0.25, -0.2) is 0 Å². The van der Waals surface area contributed by atoms with E-state index in [0.29, 0.717) is 11.1 Å². The van der Waals surface area contributed by atoms with Gasteiger partial charge in [-0.1, -0.05) is 44.2 Å². The van der Waals surface area contributed by atoms with Crippen LogP contribution in [0, 0.1) is 11.3 Å². The van der Waals surface area contributed by atoms with E-state index in [0.717, 1.165) is 10.6 Å². The molecule has 2 heterocycles. The highest BCUT2D eigenvalue weighted by atomic mass is 16.2. The molecular formula is C27H27N3O2. The molecule has 0 aliphatic carbocycles. The first-order valence-electron chi connectivity index (χ1n) is 10.8. The fourth-order valence-electron chi connectivity index (χ4n) is 4.91. The number of anilines is 1. The summed E-state index contributed by atoms with van der Waals surface area (Å²) < 4.78 is 0. The number of nitriles is 1. The molecular weight excluding hydrogens is 398 g/mol. The zero-order chi connectivity index (χ0) is 23.4. The van der Waals surface area contributed by atoms with Gasteiger partial charge in [-0.2, -0.15) is 5.26 Å². The largest absolute Gasteiger partial charge is 0.341 e. The van der Waals surface area contributed by atoms with Gasteiger partial charge in [0.15, 0.2) is 0 Å². The minimum Gasteiger partial charge on any atom is -0.341 e. The number of imide groups is 1. The first-order chi connectivity index (χ1) is 15.1. The molecule has 0 fully saturated rings. The average molecular weight is 426 g/mol. The van der Waals surface area contributed by atoms with E-state index >= 15 is 0 Å². The van der Waals surface area contributed by atoms with Crippen LogP contribution in [0.25, 0.3) is 10.8 Å². The zero-order valence-corrected chi connectivity index (χ0v) is 19.4. The molecule has 0 unspecified atom stereocenters. The summed E-state index contributed by atoms with van der Waals surface area (Å²) in [5, 5.41) is 11.9. The van der Waals surface area contributed by atoms with Gasteiger partial charge in [0.25, 0.3) is 11.8 Å². The van der Waals surface area contributed by atoms with Gasteiger partial charge < -0.3 is 4.90 Å². The molecule has 0 N–H and O–H groups in total. The summed E-state index contributed by atoms with van der Waals surface area (Å²) in [5.41, 5.74) is 4.01. The standard InChI is InChI=1S/C27H27N3O2/c1-16(2)30-22-13-11-18-9-7-8-10-20(18)24(22)27(4,5)23(30)14-12-19-17(3)21(15-28)26(32)29(6)25(19)31/h7-14,16H,1-6H3/b19-12+,23-14+. The van der Waals surface area contributed by atoms with Crippen molar-refractivity contribution in [1.29, 1.82) is 5.26 Å². The van der Waals surface area contributed by atoms with Gasteiger partial charge in [-0.15, -0.1) is 0 Å². The van der Waals surface area contributed by atoms with Crippen LogP contribution in [0.5, 0.6) is 0 Å². The van der Waals surface area contributed by atoms with E-state index in [1.54, 1.807) is 13.0 Å². The van der Waals surface area contributed by atoms with Crippen molar-refractivity contribution in [3.63, 3.8) is 0 Å². The average Bonchev–Trinajstić information content (AvgIpc) is 2.99. The van der Waals surface area contributed by atoms with E-state index in [-0.39, 0.29) is 17.0 Å². The first-order valence-corrected chi connectivity index (χ1v) is 10.8. The Kier molecular flexibility index (Phi) is 5.05. The second kappa shape index (κ2) is 7.49. The topological polar surface area (TPSA) is 64.4 Å². The Bertz CT molecular complexity index is 1300. The zero-order valence-electron chi connectivity index (χ0n) is 19.4. The highest BCUT2D eigenvalue weighted by Crippen LogP contribution is 2.51. The number of rotatable bonds is 2. The SMILES string of the molecule is CC1=C(C#N)C(=O)N(C)C(=O)/C1=C/C=C1/N(C(C)C)c2ccc3ccccc3c2C1(C)C. The number of nitrogens with zero attached hydrogens (tertiary/aromatic N) is 3. The van der Waals surface area contributed by atoms with Gasteiger partial charge in [0.2, 0.25) is 0 Å². The lowest BCUT2D eigenvalue weighted by Crippen LogP contribution is -2.39. The number of allylic oxidation sites excluding steroid dienone is 3. The maximum Gasteiger partial charge on any atom is 0.271 e. The molecule has 0 saturated heterocycles. The Morgan fingerprint density at radius 2 is 1.72 bits per heavy atom. The second-order valence-electron chi connectivity index (χ2n) is 9.18. The number of benzene rings is 2. The molecule has 4 rings (SSSR count). The monoisotopic (exact) mass is 425 g/mol. The molecule has 0 bridgehead atoms. The Morgan fingerprint density at radius 1 is 1.03 bits per heavy atom. The van der Waals surface area contributed by atoms with Gasteiger partial charge in [0, 0.05) is 35.5 Å². The van der Waals surface area contributed by atoms with Gasteiger partial charge in [0.05, 0.1) is 0 Å². The van der Waals surface area contributed by atoms with Crippen molar-refractivity contribution >= 4 is 28.3 Å². The van der Waals surface area contributed by atoms with E-state index in [9.17, 15) is 14.9 Å². The number of hydrogen-bond acceptors (Lipinski definition) is 4. The van der Waals surface area contributed by atoms with Crippen molar-refractivity contribution < 1.29 is 9.59 Å². The quantitative estimate of drug-likeness (QED) is 0.502. The lowest BCUT2D eigenvalue weighted by Gasteiger charge is -2.30. The van der Waals surface area contributed by atoms with Crippen molar-refractivity contribution in [3.8, 4) is 6.07 Å². The van der Waals surface area contributed by atoms with E-state index in [1.165, 1.54) is 29.1 Å². The molecule has 32 heavy (non-hydrogen) atoms. The van der Waals surface area contributed by atoms with Crippen LogP contribution in [0.4, 0.5) is 5.69 Å². The molecule has 0 aromatic heterocycles. The highest BCUT2D eigenvalue weighted by Gasteiger charge is 2.42. The van der Waals surface area contributed by atoms with Crippen LogP contribution in [-0.4, -0.2) is 29.8 Å². The number of likely N-dealkylation sites (N-methyl/N-ethyl adjacent to an activating group) is 1. The van der Waals surface area contributed by atoms with Crippen LogP contribution >= 0.6 is 0 Å². The summed E-state index contributed by atoms with van der Waals surface area (Å²) in [4.78, 5) is 28.4. The Balaban J connectivity index is 1.94. The van der Waals surface area contributed by atoms with Crippen LogP contribution in [0.15, 0.2) is 71.0 Å². The van der Waals surface area contributed by atoms with Crippen LogP contribution in [0.2, 0.25) is 0 Å². The number of carbonyl (C=O) groups is 2. The van der Waals surface area contributed by atoms with E-state index in [4.69, 9.17) is 0 Å². The molecule has 2 aliphatic rings. The molecule has 5 nitrogen and oxygen atoms in total. The van der Waals surface area contributed by atoms with Crippen molar-refractivity contribution in [2.24, 2.45) is 0 Å². The molecule has 162 valence electrons. The van der Waals surface area contributed by atoms with E-state index < -0.39 is 11.8 Å². The summed E-state index contributed by atoms with van der Waals surface area (Å²) in [7, 11) is 1.41. The van der Waals surface area contributed by atoms with Crippen LogP contribution < -0.4 is 4.90 Å². The third kappa shape index (κ3) is 2.98. The lowest BCUT2D eigenvalue weighted by molar-refractivity contribution is -0.138. The van der Waals surface area contributed by atoms with Crippen molar-refractivity contribution in [2.45, 2.75) is 46.1 Å². The minimum atomic E-state index is -0.552. The normalized spacial score (nSPS) is 20.7. The summed E-state index contributed by atoms with van der Waals surface area (Å²) in [6.07, 6.45) is 3.74. The third-order valence-electron chi connectivity index (χ3n) is 6.56. The first kappa shape index (κ1) is 21.6. The third-order valence-corrected chi connectivity index (χ3v) is 6.56. The van der Waals surface area contributed by atoms with Crippen LogP contribution in [0.1, 0.15) is 40.2 Å². The van der Waals surface area contributed by atoms with E-state index in [1.807, 2.05) is 18.2 Å². The predicted molar refractivity (Wildman–Crippen MR) is 127 cm³/mol. The second-order valence-corrected chi connectivity index (χ2v) is 9.18. The molecule has 2 aromatic carbocycles. The van der Waals surface area contributed by atoms with Crippen molar-refractivity contribution in [3.05, 3.63) is 76.5 Å². The van der Waals surface area contributed by atoms with Crippen molar-refractivity contribution in [2.75, 3.05) is 11.9 Å². The summed E-state index contributed by atoms with van der Waals surface area (Å²) in [6, 6.07) is 14.9. The van der Waals surface area contributed by atoms with Gasteiger partial charge in [-0.05, 0) is 60.9 Å². The number of carbonyl (C=O) groups excluding carboxylic acids is 2. The van der Waals surface area contributed by atoms with Crippen molar-refractivity contribution in [1.82, 2.24) is 4.90 Å². The molecule has 2 amide bonds. The summed E-state index contributed by atoms with van der Waals surface area (Å²) in [6.45, 7) is 10.4. The number of hydrogen-bond donors (Lipinski definition) is 0. The van der Waals surface area contributed by atoms with Gasteiger partial charge in [0.1, 0.15) is 11.6 Å². The number of amides is 2. The smallest absolute Gasteiger partial charge is 0.271 e. The Hall–Kier alpha value is -3.65. The molecule has 0 spiro atoms. The van der Waals surface area contributed by atoms with E-state index in [2.05, 4.69) is 62.9 Å². The maximum absolute atomic E-state index is 12.8. The van der Waals surface area contributed by atoms with Crippen LogP contribution in [-0.2, 0) is 15.0 Å². The maximum atomic E-state index is 12.8. The Labute approximate surface area is 188 Å². The lowest BCUT2D eigenvalue weighted by atomic mass is 9.81. The van der Waals surface area contributed by atoms with Gasteiger partial charge >= 0.3 is 0 Å². The Morgan fingerprint density at radius 3 is 2.38 bits per heavy atom. The predicted octanol–water partition coefficient (Wildman–Crippen LogP) is 4.99. The minimum absolute atomic E-state index is 0.0115. The molecule has 2 aliphatic heterocycles. The molecule has 5 heteroatoms. The van der Waals surface area contributed by atoms with Gasteiger partial charge in [-0.3, -0.25) is 14.5 Å². The highest BCUT2D eigenvalue weighted by molar-refractivity contribution is 6.18. The molecule has 2 aromatic rings.